The van der Waals surface area contributed by atoms with Gasteiger partial charge in [-0.1, -0.05) is 60.5 Å². The molecule has 0 heterocycles. The quantitative estimate of drug-likeness (QED) is 0.748. The molecule has 4 nitrogen and oxygen atoms in total. The van der Waals surface area contributed by atoms with Gasteiger partial charge in [0.05, 0.1) is 22.3 Å². The molecular formula is C20H22Cl2N2O2. The molecule has 0 spiro atoms. The second-order valence-electron chi connectivity index (χ2n) is 6.06. The van der Waals surface area contributed by atoms with Crippen molar-refractivity contribution in [3.05, 3.63) is 63.6 Å². The van der Waals surface area contributed by atoms with Crippen LogP contribution < -0.4 is 5.32 Å². The van der Waals surface area contributed by atoms with Crippen LogP contribution in [0.1, 0.15) is 24.5 Å². The van der Waals surface area contributed by atoms with Crippen LogP contribution in [0.15, 0.2) is 42.5 Å². The Bertz CT molecular complexity index is 756. The van der Waals surface area contributed by atoms with E-state index < -0.39 is 0 Å². The fraction of sp³-hybridized carbons (Fsp3) is 0.300. The molecule has 0 atom stereocenters. The summed E-state index contributed by atoms with van der Waals surface area (Å²) in [5.74, 6) is -0.437. The van der Waals surface area contributed by atoms with E-state index in [9.17, 15) is 9.59 Å². The van der Waals surface area contributed by atoms with Crippen LogP contribution in [0.25, 0.3) is 0 Å². The molecule has 0 aliphatic carbocycles. The van der Waals surface area contributed by atoms with Crippen molar-refractivity contribution in [3.8, 4) is 0 Å². The number of hydrogen-bond donors (Lipinski definition) is 1. The average Bonchev–Trinajstić information content (AvgIpc) is 2.63. The number of amides is 2. The molecule has 0 unspecified atom stereocenters. The number of rotatable bonds is 7. The van der Waals surface area contributed by atoms with Gasteiger partial charge in [-0.15, -0.1) is 0 Å². The first kappa shape index (κ1) is 20.3. The molecule has 0 aliphatic heterocycles. The van der Waals surface area contributed by atoms with Crippen molar-refractivity contribution in [2.45, 2.75) is 26.2 Å². The number of nitrogens with zero attached hydrogens (tertiary/aromatic N) is 1. The zero-order valence-electron chi connectivity index (χ0n) is 14.9. The zero-order chi connectivity index (χ0) is 19.1. The maximum absolute atomic E-state index is 12.3. The molecule has 0 bridgehead atoms. The Kier molecular flexibility index (Phi) is 7.49. The van der Waals surface area contributed by atoms with Crippen LogP contribution in [-0.4, -0.2) is 30.3 Å². The van der Waals surface area contributed by atoms with E-state index >= 15 is 0 Å². The lowest BCUT2D eigenvalue weighted by Crippen LogP contribution is -2.35. The fourth-order valence-electron chi connectivity index (χ4n) is 2.48. The summed E-state index contributed by atoms with van der Waals surface area (Å²) in [4.78, 5) is 25.8. The Morgan fingerprint density at radius 3 is 2.15 bits per heavy atom. The van der Waals surface area contributed by atoms with Gasteiger partial charge < -0.3 is 10.2 Å². The smallest absolute Gasteiger partial charge is 0.244 e. The number of hydrogen-bond acceptors (Lipinski definition) is 2. The van der Waals surface area contributed by atoms with Crippen molar-refractivity contribution in [3.63, 3.8) is 0 Å². The summed E-state index contributed by atoms with van der Waals surface area (Å²) in [6, 6.07) is 13.2. The molecule has 0 aliphatic rings. The van der Waals surface area contributed by atoms with E-state index in [1.807, 2.05) is 12.1 Å². The molecule has 138 valence electrons. The highest BCUT2D eigenvalue weighted by molar-refractivity contribution is 6.39. The fourth-order valence-corrected chi connectivity index (χ4v) is 2.98. The molecule has 2 amide bonds. The van der Waals surface area contributed by atoms with Gasteiger partial charge in [-0.25, -0.2) is 0 Å². The summed E-state index contributed by atoms with van der Waals surface area (Å²) in [6.45, 7) is 2.05. The lowest BCUT2D eigenvalue weighted by molar-refractivity contribution is -0.133. The normalized spacial score (nSPS) is 10.5. The van der Waals surface area contributed by atoms with Gasteiger partial charge in [-0.2, -0.15) is 0 Å². The molecular weight excluding hydrogens is 371 g/mol. The van der Waals surface area contributed by atoms with Crippen molar-refractivity contribution >= 4 is 40.7 Å². The lowest BCUT2D eigenvalue weighted by Gasteiger charge is -2.17. The molecule has 0 saturated carbocycles. The summed E-state index contributed by atoms with van der Waals surface area (Å²) in [5.41, 5.74) is 2.74. The number of anilines is 1. The van der Waals surface area contributed by atoms with Gasteiger partial charge in [0.15, 0.2) is 0 Å². The Morgan fingerprint density at radius 1 is 1.00 bits per heavy atom. The number of nitrogens with one attached hydrogen (secondary N) is 1. The minimum absolute atomic E-state index is 0.0604. The van der Waals surface area contributed by atoms with E-state index in [0.717, 1.165) is 12.0 Å². The Hall–Kier alpha value is -2.04. The largest absolute Gasteiger partial charge is 0.336 e. The van der Waals surface area contributed by atoms with E-state index in [-0.39, 0.29) is 18.4 Å². The number of para-hydroxylation sites is 1. The Balaban J connectivity index is 1.84. The SMILES string of the molecule is CCc1ccc(CCC(=O)N(C)CC(=O)Nc2c(Cl)cccc2Cl)cc1. The predicted octanol–water partition coefficient (Wildman–Crippen LogP) is 4.59. The van der Waals surface area contributed by atoms with E-state index in [1.165, 1.54) is 10.5 Å². The third kappa shape index (κ3) is 5.75. The van der Waals surface area contributed by atoms with Crippen molar-refractivity contribution in [2.75, 3.05) is 18.9 Å². The van der Waals surface area contributed by atoms with Gasteiger partial charge >= 0.3 is 0 Å². The van der Waals surface area contributed by atoms with Crippen LogP contribution in [0.2, 0.25) is 10.0 Å². The zero-order valence-corrected chi connectivity index (χ0v) is 16.4. The number of halogens is 2. The maximum Gasteiger partial charge on any atom is 0.244 e. The third-order valence-corrected chi connectivity index (χ3v) is 4.72. The molecule has 0 radical (unpaired) electrons. The molecule has 0 saturated heterocycles. The van der Waals surface area contributed by atoms with Gasteiger partial charge in [0.25, 0.3) is 0 Å². The minimum atomic E-state index is -0.344. The van der Waals surface area contributed by atoms with Gasteiger partial charge in [0, 0.05) is 13.5 Å². The highest BCUT2D eigenvalue weighted by atomic mass is 35.5. The highest BCUT2D eigenvalue weighted by Crippen LogP contribution is 2.29. The molecule has 0 aromatic heterocycles. The van der Waals surface area contributed by atoms with E-state index in [4.69, 9.17) is 23.2 Å². The van der Waals surface area contributed by atoms with Crippen LogP contribution in [0.4, 0.5) is 5.69 Å². The maximum atomic E-state index is 12.3. The van der Waals surface area contributed by atoms with Crippen LogP contribution in [0.3, 0.4) is 0 Å². The first-order chi connectivity index (χ1) is 12.4. The highest BCUT2D eigenvalue weighted by Gasteiger charge is 2.15. The first-order valence-electron chi connectivity index (χ1n) is 8.46. The molecule has 2 aromatic rings. The van der Waals surface area contributed by atoms with Gasteiger partial charge in [-0.05, 0) is 36.1 Å². The van der Waals surface area contributed by atoms with E-state index in [2.05, 4.69) is 24.4 Å². The monoisotopic (exact) mass is 392 g/mol. The van der Waals surface area contributed by atoms with Crippen molar-refractivity contribution in [1.29, 1.82) is 0 Å². The number of carbonyl (C=O) groups excluding carboxylic acids is 2. The molecule has 6 heteroatoms. The van der Waals surface area contributed by atoms with Gasteiger partial charge in [-0.3, -0.25) is 9.59 Å². The summed E-state index contributed by atoms with van der Waals surface area (Å²) in [6.07, 6.45) is 1.99. The molecule has 26 heavy (non-hydrogen) atoms. The number of aryl methyl sites for hydroxylation is 2. The second kappa shape index (κ2) is 9.60. The summed E-state index contributed by atoms with van der Waals surface area (Å²) < 4.78 is 0. The number of likely N-dealkylation sites (N-methyl/N-ethyl adjacent to an activating group) is 1. The lowest BCUT2D eigenvalue weighted by atomic mass is 10.1. The van der Waals surface area contributed by atoms with Crippen LogP contribution in [-0.2, 0) is 22.4 Å². The van der Waals surface area contributed by atoms with Crippen molar-refractivity contribution < 1.29 is 9.59 Å². The number of benzene rings is 2. The second-order valence-corrected chi connectivity index (χ2v) is 6.88. The van der Waals surface area contributed by atoms with E-state index in [0.29, 0.717) is 28.6 Å². The molecule has 0 fully saturated rings. The molecule has 2 rings (SSSR count). The molecule has 2 aromatic carbocycles. The number of carbonyl (C=O) groups is 2. The van der Waals surface area contributed by atoms with E-state index in [1.54, 1.807) is 25.2 Å². The molecule has 1 N–H and O–H groups in total. The summed E-state index contributed by atoms with van der Waals surface area (Å²) in [7, 11) is 1.61. The van der Waals surface area contributed by atoms with Crippen LogP contribution in [0.5, 0.6) is 0 Å². The average molecular weight is 393 g/mol. The van der Waals surface area contributed by atoms with Crippen molar-refractivity contribution in [2.24, 2.45) is 0 Å². The minimum Gasteiger partial charge on any atom is -0.336 e. The van der Waals surface area contributed by atoms with Crippen molar-refractivity contribution in [1.82, 2.24) is 4.90 Å². The third-order valence-electron chi connectivity index (χ3n) is 4.09. The van der Waals surface area contributed by atoms with Gasteiger partial charge in [0.2, 0.25) is 11.8 Å². The first-order valence-corrected chi connectivity index (χ1v) is 9.22. The summed E-state index contributed by atoms with van der Waals surface area (Å²) in [5, 5.41) is 3.37. The predicted molar refractivity (Wildman–Crippen MR) is 107 cm³/mol. The Morgan fingerprint density at radius 2 is 1.58 bits per heavy atom. The summed E-state index contributed by atoms with van der Waals surface area (Å²) >= 11 is 12.1. The van der Waals surface area contributed by atoms with Gasteiger partial charge in [0.1, 0.15) is 0 Å². The Labute approximate surface area is 164 Å². The topological polar surface area (TPSA) is 49.4 Å². The standard InChI is InChI=1S/C20H22Cl2N2O2/c1-3-14-7-9-15(10-8-14)11-12-19(26)24(2)13-18(25)23-20-16(21)5-4-6-17(20)22/h4-10H,3,11-13H2,1-2H3,(H,23,25). The van der Waals surface area contributed by atoms with Crippen LogP contribution >= 0.6 is 23.2 Å². The van der Waals surface area contributed by atoms with Crippen LogP contribution in [0, 0.1) is 0 Å².